The van der Waals surface area contributed by atoms with Gasteiger partial charge in [0, 0.05) is 0 Å². The Kier molecular flexibility index (Phi) is 1.33. The van der Waals surface area contributed by atoms with E-state index in [0.717, 1.165) is 0 Å². The van der Waals surface area contributed by atoms with Gasteiger partial charge in [0.1, 0.15) is 0 Å². The summed E-state index contributed by atoms with van der Waals surface area (Å²) in [6.45, 7) is 0. The van der Waals surface area contributed by atoms with Gasteiger partial charge < -0.3 is 10.3 Å². The molecule has 0 spiro atoms. The first-order valence-electron chi connectivity index (χ1n) is 3.37. The van der Waals surface area contributed by atoms with E-state index < -0.39 is 12.1 Å². The first-order chi connectivity index (χ1) is 5.77. The highest BCUT2D eigenvalue weighted by Gasteiger charge is 2.31. The minimum absolute atomic E-state index is 0.357. The number of carbonyl (C=O) groups excluding carboxylic acids is 2. The van der Waals surface area contributed by atoms with Gasteiger partial charge in [-0.2, -0.15) is 0 Å². The van der Waals surface area contributed by atoms with E-state index in [4.69, 9.17) is 0 Å². The van der Waals surface area contributed by atoms with Crippen molar-refractivity contribution < 1.29 is 9.59 Å². The summed E-state index contributed by atoms with van der Waals surface area (Å²) < 4.78 is 0. The van der Waals surface area contributed by atoms with Gasteiger partial charge in [-0.3, -0.25) is 10.1 Å². The molecular formula is C6H6N4O2. The van der Waals surface area contributed by atoms with Gasteiger partial charge in [0.05, 0.1) is 18.2 Å². The van der Waals surface area contributed by atoms with Crippen molar-refractivity contribution in [3.05, 3.63) is 18.2 Å². The van der Waals surface area contributed by atoms with Crippen molar-refractivity contribution in [2.45, 2.75) is 6.04 Å². The molecular weight excluding hydrogens is 160 g/mol. The summed E-state index contributed by atoms with van der Waals surface area (Å²) in [5, 5.41) is 4.55. The molecule has 0 bridgehead atoms. The molecule has 1 aromatic heterocycles. The Morgan fingerprint density at radius 3 is 2.75 bits per heavy atom. The lowest BCUT2D eigenvalue weighted by atomic mass is 10.2. The second kappa shape index (κ2) is 2.33. The molecule has 3 amide bonds. The number of hydrogen-bond donors (Lipinski definition) is 3. The van der Waals surface area contributed by atoms with Gasteiger partial charge in [0.2, 0.25) is 0 Å². The molecule has 0 radical (unpaired) electrons. The van der Waals surface area contributed by atoms with Crippen molar-refractivity contribution in [1.82, 2.24) is 20.6 Å². The SMILES string of the molecule is O=C1NC(=O)C(c2cnc[nH]2)N1. The lowest BCUT2D eigenvalue weighted by molar-refractivity contribution is -0.120. The first-order valence-corrected chi connectivity index (χ1v) is 3.37. The number of nitrogens with zero attached hydrogens (tertiary/aromatic N) is 1. The Balaban J connectivity index is 2.26. The van der Waals surface area contributed by atoms with Gasteiger partial charge in [0.15, 0.2) is 6.04 Å². The number of aromatic nitrogens is 2. The Hall–Kier alpha value is -1.85. The average molecular weight is 166 g/mol. The predicted octanol–water partition coefficient (Wildman–Crippen LogP) is -0.710. The maximum Gasteiger partial charge on any atom is 0.322 e. The highest BCUT2D eigenvalue weighted by Crippen LogP contribution is 2.11. The lowest BCUT2D eigenvalue weighted by Gasteiger charge is -2.01. The summed E-state index contributed by atoms with van der Waals surface area (Å²) >= 11 is 0. The van der Waals surface area contributed by atoms with Crippen LogP contribution in [0, 0.1) is 0 Å². The topological polar surface area (TPSA) is 86.9 Å². The molecule has 6 nitrogen and oxygen atoms in total. The van der Waals surface area contributed by atoms with Crippen molar-refractivity contribution in [3.63, 3.8) is 0 Å². The number of H-pyrrole nitrogens is 1. The number of imide groups is 1. The van der Waals surface area contributed by atoms with Crippen LogP contribution < -0.4 is 10.6 Å². The smallest absolute Gasteiger partial charge is 0.322 e. The van der Waals surface area contributed by atoms with Gasteiger partial charge in [0.25, 0.3) is 5.91 Å². The number of carbonyl (C=O) groups is 2. The fourth-order valence-electron chi connectivity index (χ4n) is 1.06. The van der Waals surface area contributed by atoms with E-state index in [1.807, 2.05) is 0 Å². The minimum atomic E-state index is -0.625. The third-order valence-corrected chi connectivity index (χ3v) is 1.60. The van der Waals surface area contributed by atoms with E-state index in [1.165, 1.54) is 12.5 Å². The molecule has 1 fully saturated rings. The second-order valence-electron chi connectivity index (χ2n) is 2.40. The summed E-state index contributed by atoms with van der Waals surface area (Å²) in [5.74, 6) is -0.357. The summed E-state index contributed by atoms with van der Waals surface area (Å²) in [6.07, 6.45) is 2.95. The van der Waals surface area contributed by atoms with E-state index in [1.54, 1.807) is 0 Å². The van der Waals surface area contributed by atoms with E-state index >= 15 is 0 Å². The maximum atomic E-state index is 11.0. The molecule has 0 aromatic carbocycles. The summed E-state index contributed by atoms with van der Waals surface area (Å²) in [4.78, 5) is 28.2. The highest BCUT2D eigenvalue weighted by molar-refractivity contribution is 6.04. The van der Waals surface area contributed by atoms with Crippen LogP contribution in [0.4, 0.5) is 4.79 Å². The fraction of sp³-hybridized carbons (Fsp3) is 0.167. The first kappa shape index (κ1) is 6.84. The summed E-state index contributed by atoms with van der Waals surface area (Å²) in [5.41, 5.74) is 0.582. The van der Waals surface area contributed by atoms with Crippen molar-refractivity contribution in [3.8, 4) is 0 Å². The van der Waals surface area contributed by atoms with Crippen molar-refractivity contribution in [2.24, 2.45) is 0 Å². The number of hydrogen-bond acceptors (Lipinski definition) is 3. The molecule has 12 heavy (non-hydrogen) atoms. The molecule has 62 valence electrons. The van der Waals surface area contributed by atoms with Crippen LogP contribution in [0.1, 0.15) is 11.7 Å². The Morgan fingerprint density at radius 2 is 2.25 bits per heavy atom. The number of aromatic amines is 1. The third kappa shape index (κ3) is 0.931. The number of amides is 3. The van der Waals surface area contributed by atoms with Gasteiger partial charge in [-0.05, 0) is 0 Å². The number of rotatable bonds is 1. The number of imidazole rings is 1. The van der Waals surface area contributed by atoms with Crippen LogP contribution in [0.25, 0.3) is 0 Å². The van der Waals surface area contributed by atoms with Crippen LogP contribution in [0.2, 0.25) is 0 Å². The van der Waals surface area contributed by atoms with Gasteiger partial charge >= 0.3 is 6.03 Å². The normalized spacial score (nSPS) is 22.2. The fourth-order valence-corrected chi connectivity index (χ4v) is 1.06. The molecule has 3 N–H and O–H groups in total. The zero-order valence-electron chi connectivity index (χ0n) is 6.00. The van der Waals surface area contributed by atoms with Gasteiger partial charge in [-0.25, -0.2) is 9.78 Å². The van der Waals surface area contributed by atoms with Crippen molar-refractivity contribution in [1.29, 1.82) is 0 Å². The molecule has 2 rings (SSSR count). The number of nitrogens with one attached hydrogen (secondary N) is 3. The van der Waals surface area contributed by atoms with Crippen molar-refractivity contribution in [2.75, 3.05) is 0 Å². The molecule has 1 aliphatic heterocycles. The molecule has 1 aromatic rings. The van der Waals surface area contributed by atoms with Crippen LogP contribution in [-0.2, 0) is 4.79 Å². The third-order valence-electron chi connectivity index (χ3n) is 1.60. The second-order valence-corrected chi connectivity index (χ2v) is 2.40. The molecule has 2 heterocycles. The van der Waals surface area contributed by atoms with Gasteiger partial charge in [-0.15, -0.1) is 0 Å². The molecule has 1 saturated heterocycles. The molecule has 0 saturated carbocycles. The number of urea groups is 1. The molecule has 1 atom stereocenters. The van der Waals surface area contributed by atoms with Gasteiger partial charge in [-0.1, -0.05) is 0 Å². The largest absolute Gasteiger partial charge is 0.346 e. The van der Waals surface area contributed by atoms with Crippen LogP contribution in [0.15, 0.2) is 12.5 Å². The molecule has 0 aliphatic carbocycles. The van der Waals surface area contributed by atoms with Crippen LogP contribution >= 0.6 is 0 Å². The molecule has 1 unspecified atom stereocenters. The van der Waals surface area contributed by atoms with Crippen LogP contribution in [0.5, 0.6) is 0 Å². The molecule has 1 aliphatic rings. The Bertz CT molecular complexity index is 318. The van der Waals surface area contributed by atoms with E-state index in [0.29, 0.717) is 5.69 Å². The standard InChI is InChI=1S/C6H6N4O2/c11-5-4(9-6(12)10-5)3-1-7-2-8-3/h1-2,4H,(H,7,8)(H2,9,10,11,12). The molecule has 6 heteroatoms. The zero-order chi connectivity index (χ0) is 8.55. The Morgan fingerprint density at radius 1 is 1.42 bits per heavy atom. The van der Waals surface area contributed by atoms with Crippen LogP contribution in [0.3, 0.4) is 0 Å². The van der Waals surface area contributed by atoms with E-state index in [2.05, 4.69) is 20.6 Å². The maximum absolute atomic E-state index is 11.0. The average Bonchev–Trinajstić information content (AvgIpc) is 2.58. The minimum Gasteiger partial charge on any atom is -0.346 e. The highest BCUT2D eigenvalue weighted by atomic mass is 16.2. The van der Waals surface area contributed by atoms with E-state index in [9.17, 15) is 9.59 Å². The zero-order valence-corrected chi connectivity index (χ0v) is 6.00. The Labute approximate surface area is 67.4 Å². The van der Waals surface area contributed by atoms with E-state index in [-0.39, 0.29) is 5.91 Å². The monoisotopic (exact) mass is 166 g/mol. The quantitative estimate of drug-likeness (QED) is 0.481. The van der Waals surface area contributed by atoms with Crippen LogP contribution in [-0.4, -0.2) is 21.9 Å². The summed E-state index contributed by atoms with van der Waals surface area (Å²) in [6, 6.07) is -1.10. The predicted molar refractivity (Wildman–Crippen MR) is 38.0 cm³/mol. The lowest BCUT2D eigenvalue weighted by Crippen LogP contribution is -2.22. The summed E-state index contributed by atoms with van der Waals surface area (Å²) in [7, 11) is 0. The van der Waals surface area contributed by atoms with Crippen molar-refractivity contribution >= 4 is 11.9 Å².